The van der Waals surface area contributed by atoms with Crippen LogP contribution >= 0.6 is 0 Å². The first-order chi connectivity index (χ1) is 11.8. The van der Waals surface area contributed by atoms with Crippen LogP contribution in [-0.4, -0.2) is 46.9 Å². The third-order valence-corrected chi connectivity index (χ3v) is 6.84. The standard InChI is InChI=1S/C18H26N4O2S/c1-18(2)9-13-21(14-10-18)25(23,24)20(3)15-16-5-7-17(8-6-16)22-12-4-11-19-22/h4-8,11-12H,9-10,13-15H2,1-3H3. The van der Waals surface area contributed by atoms with Crippen LogP contribution in [-0.2, 0) is 16.8 Å². The largest absolute Gasteiger partial charge is 0.282 e. The lowest BCUT2D eigenvalue weighted by atomic mass is 9.83. The van der Waals surface area contributed by atoms with Crippen molar-refractivity contribution in [1.82, 2.24) is 18.4 Å². The molecule has 0 aliphatic carbocycles. The summed E-state index contributed by atoms with van der Waals surface area (Å²) in [6.07, 6.45) is 5.41. The lowest BCUT2D eigenvalue weighted by Gasteiger charge is -2.37. The molecule has 0 unspecified atom stereocenters. The van der Waals surface area contributed by atoms with Gasteiger partial charge in [0, 0.05) is 39.1 Å². The minimum absolute atomic E-state index is 0.229. The first-order valence-electron chi connectivity index (χ1n) is 8.58. The zero-order valence-electron chi connectivity index (χ0n) is 15.1. The number of hydrogen-bond acceptors (Lipinski definition) is 3. The van der Waals surface area contributed by atoms with Gasteiger partial charge in [-0.2, -0.15) is 22.1 Å². The topological polar surface area (TPSA) is 58.4 Å². The summed E-state index contributed by atoms with van der Waals surface area (Å²) in [4.78, 5) is 0. The average molecular weight is 362 g/mol. The molecule has 0 spiro atoms. The Labute approximate surface area is 150 Å². The lowest BCUT2D eigenvalue weighted by molar-refractivity contribution is 0.188. The van der Waals surface area contributed by atoms with Crippen molar-refractivity contribution in [3.63, 3.8) is 0 Å². The van der Waals surface area contributed by atoms with Crippen molar-refractivity contribution in [3.8, 4) is 5.69 Å². The van der Waals surface area contributed by atoms with Gasteiger partial charge >= 0.3 is 0 Å². The summed E-state index contributed by atoms with van der Waals surface area (Å²) in [7, 11) is -1.77. The molecule has 1 aliphatic rings. The van der Waals surface area contributed by atoms with Crippen molar-refractivity contribution < 1.29 is 8.42 Å². The number of aromatic nitrogens is 2. The second-order valence-electron chi connectivity index (χ2n) is 7.44. The summed E-state index contributed by atoms with van der Waals surface area (Å²) >= 11 is 0. The van der Waals surface area contributed by atoms with E-state index in [9.17, 15) is 8.42 Å². The first kappa shape index (κ1) is 18.1. The summed E-state index contributed by atoms with van der Waals surface area (Å²) in [6.45, 7) is 5.95. The van der Waals surface area contributed by atoms with E-state index in [1.807, 2.05) is 36.5 Å². The van der Waals surface area contributed by atoms with Crippen molar-refractivity contribution in [2.45, 2.75) is 33.2 Å². The van der Waals surface area contributed by atoms with Crippen molar-refractivity contribution in [3.05, 3.63) is 48.3 Å². The molecule has 0 N–H and O–H groups in total. The minimum atomic E-state index is -3.41. The summed E-state index contributed by atoms with van der Waals surface area (Å²) in [6, 6.07) is 9.66. The molecule has 136 valence electrons. The monoisotopic (exact) mass is 362 g/mol. The van der Waals surface area contributed by atoms with Gasteiger partial charge in [0.15, 0.2) is 0 Å². The Morgan fingerprint density at radius 3 is 2.36 bits per heavy atom. The number of rotatable bonds is 5. The fourth-order valence-electron chi connectivity index (χ4n) is 3.03. The highest BCUT2D eigenvalue weighted by atomic mass is 32.2. The molecule has 0 radical (unpaired) electrons. The third kappa shape index (κ3) is 4.11. The van der Waals surface area contributed by atoms with E-state index in [2.05, 4.69) is 18.9 Å². The van der Waals surface area contributed by atoms with E-state index >= 15 is 0 Å². The van der Waals surface area contributed by atoms with E-state index in [1.54, 1.807) is 22.2 Å². The molecule has 1 aromatic carbocycles. The second-order valence-corrected chi connectivity index (χ2v) is 9.48. The van der Waals surface area contributed by atoms with Gasteiger partial charge in [0.25, 0.3) is 10.2 Å². The molecule has 7 heteroatoms. The van der Waals surface area contributed by atoms with Gasteiger partial charge in [-0.15, -0.1) is 0 Å². The smallest absolute Gasteiger partial charge is 0.241 e. The number of hydrogen-bond donors (Lipinski definition) is 0. The normalized spacial score (nSPS) is 18.6. The quantitative estimate of drug-likeness (QED) is 0.822. The van der Waals surface area contributed by atoms with Crippen molar-refractivity contribution in [2.24, 2.45) is 5.41 Å². The molecular weight excluding hydrogens is 336 g/mol. The van der Waals surface area contributed by atoms with Crippen LogP contribution in [0.2, 0.25) is 0 Å². The average Bonchev–Trinajstić information content (AvgIpc) is 3.09. The third-order valence-electron chi connectivity index (χ3n) is 4.91. The SMILES string of the molecule is CN(Cc1ccc(-n2cccn2)cc1)S(=O)(=O)N1CCC(C)(C)CC1. The van der Waals surface area contributed by atoms with E-state index in [0.717, 1.165) is 24.1 Å². The maximum absolute atomic E-state index is 12.8. The Bertz CT molecular complexity index is 788. The Balaban J connectivity index is 1.66. The highest BCUT2D eigenvalue weighted by molar-refractivity contribution is 7.86. The molecule has 3 rings (SSSR count). The molecule has 0 saturated carbocycles. The van der Waals surface area contributed by atoms with Gasteiger partial charge in [-0.1, -0.05) is 26.0 Å². The molecule has 2 heterocycles. The Hall–Kier alpha value is -1.70. The van der Waals surface area contributed by atoms with Gasteiger partial charge in [-0.05, 0) is 42.0 Å². The van der Waals surface area contributed by atoms with Crippen LogP contribution in [0.25, 0.3) is 5.69 Å². The van der Waals surface area contributed by atoms with Crippen LogP contribution in [0.15, 0.2) is 42.7 Å². The molecule has 0 bridgehead atoms. The van der Waals surface area contributed by atoms with E-state index in [-0.39, 0.29) is 5.41 Å². The van der Waals surface area contributed by atoms with Crippen LogP contribution < -0.4 is 0 Å². The van der Waals surface area contributed by atoms with Gasteiger partial charge in [-0.3, -0.25) is 0 Å². The van der Waals surface area contributed by atoms with Crippen LogP contribution in [0.4, 0.5) is 0 Å². The lowest BCUT2D eigenvalue weighted by Crippen LogP contribution is -2.46. The van der Waals surface area contributed by atoms with Gasteiger partial charge < -0.3 is 0 Å². The molecule has 1 aromatic heterocycles. The molecular formula is C18H26N4O2S. The molecule has 1 aliphatic heterocycles. The van der Waals surface area contributed by atoms with Gasteiger partial charge in [-0.25, -0.2) is 4.68 Å². The Kier molecular flexibility index (Phi) is 4.99. The number of piperidine rings is 1. The van der Waals surface area contributed by atoms with Crippen molar-refractivity contribution in [1.29, 1.82) is 0 Å². The maximum Gasteiger partial charge on any atom is 0.282 e. The molecule has 0 amide bonds. The molecule has 1 fully saturated rings. The Morgan fingerprint density at radius 2 is 1.80 bits per heavy atom. The minimum Gasteiger partial charge on any atom is -0.241 e. The first-order valence-corrected chi connectivity index (χ1v) is 9.98. The van der Waals surface area contributed by atoms with E-state index in [1.165, 1.54) is 4.31 Å². The maximum atomic E-state index is 12.8. The van der Waals surface area contributed by atoms with Crippen LogP contribution in [0.3, 0.4) is 0 Å². The summed E-state index contributed by atoms with van der Waals surface area (Å²) in [5, 5.41) is 4.19. The van der Waals surface area contributed by atoms with Gasteiger partial charge in [0.05, 0.1) is 5.69 Å². The van der Waals surface area contributed by atoms with Crippen LogP contribution in [0.5, 0.6) is 0 Å². The van der Waals surface area contributed by atoms with Crippen molar-refractivity contribution >= 4 is 10.2 Å². The van der Waals surface area contributed by atoms with Crippen LogP contribution in [0, 0.1) is 5.41 Å². The summed E-state index contributed by atoms with van der Waals surface area (Å²) < 4.78 is 30.4. The molecule has 6 nitrogen and oxygen atoms in total. The highest BCUT2D eigenvalue weighted by Gasteiger charge is 2.33. The number of nitrogens with zero attached hydrogens (tertiary/aromatic N) is 4. The molecule has 25 heavy (non-hydrogen) atoms. The second kappa shape index (κ2) is 6.90. The summed E-state index contributed by atoms with van der Waals surface area (Å²) in [5.41, 5.74) is 2.14. The van der Waals surface area contributed by atoms with Gasteiger partial charge in [0.1, 0.15) is 0 Å². The fourth-order valence-corrected chi connectivity index (χ4v) is 4.38. The molecule has 0 atom stereocenters. The number of benzene rings is 1. The van der Waals surface area contributed by atoms with E-state index < -0.39 is 10.2 Å². The zero-order chi connectivity index (χ0) is 18.1. The van der Waals surface area contributed by atoms with E-state index in [4.69, 9.17) is 0 Å². The summed E-state index contributed by atoms with van der Waals surface area (Å²) in [5.74, 6) is 0. The fraction of sp³-hybridized carbons (Fsp3) is 0.500. The predicted molar refractivity (Wildman–Crippen MR) is 98.5 cm³/mol. The molecule has 2 aromatic rings. The van der Waals surface area contributed by atoms with E-state index in [0.29, 0.717) is 19.6 Å². The Morgan fingerprint density at radius 1 is 1.16 bits per heavy atom. The van der Waals surface area contributed by atoms with Crippen molar-refractivity contribution in [2.75, 3.05) is 20.1 Å². The van der Waals surface area contributed by atoms with Gasteiger partial charge in [0.2, 0.25) is 0 Å². The zero-order valence-corrected chi connectivity index (χ0v) is 15.9. The predicted octanol–water partition coefficient (Wildman–Crippen LogP) is 2.67. The molecule has 1 saturated heterocycles. The van der Waals surface area contributed by atoms with Crippen LogP contribution in [0.1, 0.15) is 32.3 Å². The highest BCUT2D eigenvalue weighted by Crippen LogP contribution is 2.31.